The van der Waals surface area contributed by atoms with E-state index < -0.39 is 4.92 Å². The van der Waals surface area contributed by atoms with E-state index in [1.807, 2.05) is 13.2 Å². The maximum absolute atomic E-state index is 12.1. The fourth-order valence-electron chi connectivity index (χ4n) is 1.61. The second-order valence-electron chi connectivity index (χ2n) is 4.16. The van der Waals surface area contributed by atoms with Crippen LogP contribution in [-0.4, -0.2) is 35.9 Å². The third-order valence-electron chi connectivity index (χ3n) is 2.62. The van der Waals surface area contributed by atoms with Crippen molar-refractivity contribution in [2.45, 2.75) is 13.3 Å². The first-order chi connectivity index (χ1) is 9.60. The van der Waals surface area contributed by atoms with Crippen molar-refractivity contribution in [3.8, 4) is 0 Å². The number of hydrogen-bond donors (Lipinski definition) is 2. The maximum Gasteiger partial charge on any atom is 0.270 e. The smallest absolute Gasteiger partial charge is 0.270 e. The molecule has 0 aliphatic rings. The van der Waals surface area contributed by atoms with Gasteiger partial charge in [-0.2, -0.15) is 11.8 Å². The number of benzene rings is 1. The summed E-state index contributed by atoms with van der Waals surface area (Å²) in [7, 11) is 0. The Bertz CT molecular complexity index is 480. The van der Waals surface area contributed by atoms with Crippen molar-refractivity contribution in [2.75, 3.05) is 30.4 Å². The van der Waals surface area contributed by atoms with Crippen molar-refractivity contribution in [1.82, 2.24) is 5.32 Å². The van der Waals surface area contributed by atoms with Crippen LogP contribution >= 0.6 is 11.8 Å². The Balaban J connectivity index is 2.94. The lowest BCUT2D eigenvalue weighted by atomic mass is 10.1. The molecule has 0 saturated heterocycles. The van der Waals surface area contributed by atoms with Crippen molar-refractivity contribution in [3.63, 3.8) is 0 Å². The van der Waals surface area contributed by atoms with Gasteiger partial charge in [-0.25, -0.2) is 0 Å². The largest absolute Gasteiger partial charge is 0.384 e. The molecular weight excluding hydrogens is 278 g/mol. The molecule has 0 unspecified atom stereocenters. The second-order valence-corrected chi connectivity index (χ2v) is 5.15. The minimum Gasteiger partial charge on any atom is -0.384 e. The minimum atomic E-state index is -0.498. The van der Waals surface area contributed by atoms with Crippen LogP contribution in [-0.2, 0) is 0 Å². The number of carbonyl (C=O) groups is 1. The number of carbonyl (C=O) groups excluding carboxylic acids is 1. The first-order valence-electron chi connectivity index (χ1n) is 6.39. The van der Waals surface area contributed by atoms with Crippen LogP contribution in [0.1, 0.15) is 23.7 Å². The third-order valence-corrected chi connectivity index (χ3v) is 3.23. The van der Waals surface area contributed by atoms with Crippen molar-refractivity contribution in [1.29, 1.82) is 0 Å². The van der Waals surface area contributed by atoms with Crippen LogP contribution in [0.3, 0.4) is 0 Å². The van der Waals surface area contributed by atoms with Crippen molar-refractivity contribution < 1.29 is 9.72 Å². The van der Waals surface area contributed by atoms with Gasteiger partial charge in [0.25, 0.3) is 11.6 Å². The normalized spacial score (nSPS) is 10.1. The molecule has 20 heavy (non-hydrogen) atoms. The molecule has 2 N–H and O–H groups in total. The number of nitrogens with zero attached hydrogens (tertiary/aromatic N) is 1. The summed E-state index contributed by atoms with van der Waals surface area (Å²) in [5.74, 6) is 0.514. The van der Waals surface area contributed by atoms with Gasteiger partial charge in [-0.05, 0) is 18.7 Å². The summed E-state index contributed by atoms with van der Waals surface area (Å²) in [4.78, 5) is 22.4. The van der Waals surface area contributed by atoms with Gasteiger partial charge >= 0.3 is 0 Å². The Kier molecular flexibility index (Phi) is 6.86. The van der Waals surface area contributed by atoms with Crippen molar-refractivity contribution in [2.24, 2.45) is 0 Å². The zero-order valence-corrected chi connectivity index (χ0v) is 12.5. The molecule has 0 heterocycles. The molecule has 0 saturated carbocycles. The molecule has 7 heteroatoms. The highest BCUT2D eigenvalue weighted by atomic mass is 32.2. The Morgan fingerprint density at radius 2 is 2.15 bits per heavy atom. The average Bonchev–Trinajstić information content (AvgIpc) is 2.44. The summed E-state index contributed by atoms with van der Waals surface area (Å²) in [6.45, 7) is 3.26. The van der Waals surface area contributed by atoms with E-state index in [2.05, 4.69) is 10.6 Å². The first kappa shape index (κ1) is 16.3. The fourth-order valence-corrected chi connectivity index (χ4v) is 1.92. The number of rotatable bonds is 8. The Hall–Kier alpha value is -1.76. The van der Waals surface area contributed by atoms with E-state index in [1.165, 1.54) is 12.1 Å². The van der Waals surface area contributed by atoms with Crippen LogP contribution in [0.4, 0.5) is 11.4 Å². The van der Waals surface area contributed by atoms with E-state index in [0.717, 1.165) is 12.2 Å². The molecular formula is C13H19N3O3S. The monoisotopic (exact) mass is 297 g/mol. The van der Waals surface area contributed by atoms with Gasteiger partial charge in [0, 0.05) is 36.7 Å². The summed E-state index contributed by atoms with van der Waals surface area (Å²) in [6, 6.07) is 4.29. The average molecular weight is 297 g/mol. The Labute approximate surface area is 122 Å². The number of anilines is 1. The molecule has 0 radical (unpaired) electrons. The fraction of sp³-hybridized carbons (Fsp3) is 0.462. The lowest BCUT2D eigenvalue weighted by molar-refractivity contribution is -0.384. The zero-order chi connectivity index (χ0) is 15.0. The highest BCUT2D eigenvalue weighted by Crippen LogP contribution is 2.22. The lowest BCUT2D eigenvalue weighted by Gasteiger charge is -2.11. The molecule has 0 bridgehead atoms. The molecule has 0 aliphatic carbocycles. The van der Waals surface area contributed by atoms with Crippen LogP contribution < -0.4 is 10.6 Å². The quantitative estimate of drug-likeness (QED) is 0.437. The molecule has 1 rings (SSSR count). The lowest BCUT2D eigenvalue weighted by Crippen LogP contribution is -2.26. The predicted octanol–water partition coefficient (Wildman–Crippen LogP) is 2.51. The molecule has 6 nitrogen and oxygen atoms in total. The molecule has 0 fully saturated rings. The van der Waals surface area contributed by atoms with Gasteiger partial charge in [-0.3, -0.25) is 14.9 Å². The van der Waals surface area contributed by atoms with E-state index in [1.54, 1.807) is 17.8 Å². The Morgan fingerprint density at radius 3 is 2.75 bits per heavy atom. The zero-order valence-electron chi connectivity index (χ0n) is 11.6. The number of thioether (sulfide) groups is 1. The van der Waals surface area contributed by atoms with Crippen LogP contribution in [0.15, 0.2) is 18.2 Å². The van der Waals surface area contributed by atoms with Crippen LogP contribution in [0.2, 0.25) is 0 Å². The van der Waals surface area contributed by atoms with Gasteiger partial charge in [-0.15, -0.1) is 0 Å². The molecule has 0 spiro atoms. The van der Waals surface area contributed by atoms with Crippen LogP contribution in [0.25, 0.3) is 0 Å². The number of hydrogen-bond acceptors (Lipinski definition) is 5. The minimum absolute atomic E-state index is 0.0814. The van der Waals surface area contributed by atoms with Crippen molar-refractivity contribution >= 4 is 29.0 Å². The van der Waals surface area contributed by atoms with Gasteiger partial charge in [-0.1, -0.05) is 6.92 Å². The molecule has 0 aliphatic heterocycles. The highest BCUT2D eigenvalue weighted by Gasteiger charge is 2.16. The van der Waals surface area contributed by atoms with E-state index in [-0.39, 0.29) is 11.6 Å². The summed E-state index contributed by atoms with van der Waals surface area (Å²) in [5.41, 5.74) is 0.856. The summed E-state index contributed by atoms with van der Waals surface area (Å²) >= 11 is 1.63. The SMILES string of the molecule is CCCNc1ccc([N+](=O)[O-])cc1C(=O)NCCSC. The van der Waals surface area contributed by atoms with Gasteiger partial charge in [0.05, 0.1) is 10.5 Å². The number of nitro groups is 1. The van der Waals surface area contributed by atoms with Crippen molar-refractivity contribution in [3.05, 3.63) is 33.9 Å². The number of amides is 1. The van der Waals surface area contributed by atoms with Gasteiger partial charge in [0.15, 0.2) is 0 Å². The summed E-state index contributed by atoms with van der Waals surface area (Å²) in [6.07, 6.45) is 2.86. The number of non-ortho nitro benzene ring substituents is 1. The van der Waals surface area contributed by atoms with E-state index in [4.69, 9.17) is 0 Å². The molecule has 1 amide bonds. The van der Waals surface area contributed by atoms with Gasteiger partial charge in [0.2, 0.25) is 0 Å². The maximum atomic E-state index is 12.1. The van der Waals surface area contributed by atoms with Crippen LogP contribution in [0, 0.1) is 10.1 Å². The second kappa shape index (κ2) is 8.42. The molecule has 1 aromatic rings. The standard InChI is InChI=1S/C13H19N3O3S/c1-3-6-14-12-5-4-10(16(18)19)9-11(12)13(17)15-7-8-20-2/h4-5,9,14H,3,6-8H2,1-2H3,(H,15,17). The molecule has 1 aromatic carbocycles. The van der Waals surface area contributed by atoms with E-state index in [0.29, 0.717) is 24.3 Å². The molecule has 0 atom stereocenters. The Morgan fingerprint density at radius 1 is 1.40 bits per heavy atom. The molecule has 110 valence electrons. The first-order valence-corrected chi connectivity index (χ1v) is 7.79. The van der Waals surface area contributed by atoms with E-state index >= 15 is 0 Å². The molecule has 0 aromatic heterocycles. The van der Waals surface area contributed by atoms with Gasteiger partial charge < -0.3 is 10.6 Å². The third kappa shape index (κ3) is 4.73. The number of nitro benzene ring substituents is 1. The predicted molar refractivity (Wildman–Crippen MR) is 82.6 cm³/mol. The summed E-state index contributed by atoms with van der Waals surface area (Å²) in [5, 5.41) is 16.7. The summed E-state index contributed by atoms with van der Waals surface area (Å²) < 4.78 is 0. The van der Waals surface area contributed by atoms with E-state index in [9.17, 15) is 14.9 Å². The van der Waals surface area contributed by atoms with Crippen LogP contribution in [0.5, 0.6) is 0 Å². The van der Waals surface area contributed by atoms with Gasteiger partial charge in [0.1, 0.15) is 0 Å². The highest BCUT2D eigenvalue weighted by molar-refractivity contribution is 7.98. The number of nitrogens with one attached hydrogen (secondary N) is 2. The topological polar surface area (TPSA) is 84.3 Å².